The minimum absolute atomic E-state index is 0.204. The first-order valence-corrected chi connectivity index (χ1v) is 10.5. The summed E-state index contributed by atoms with van der Waals surface area (Å²) in [6.45, 7) is 1.97. The molecule has 156 valence electrons. The van der Waals surface area contributed by atoms with Gasteiger partial charge in [0.15, 0.2) is 5.82 Å². The van der Waals surface area contributed by atoms with Gasteiger partial charge in [0.2, 0.25) is 5.95 Å². The van der Waals surface area contributed by atoms with E-state index in [4.69, 9.17) is 4.74 Å². The maximum absolute atomic E-state index is 11.4. The van der Waals surface area contributed by atoms with E-state index >= 15 is 0 Å². The third-order valence-corrected chi connectivity index (χ3v) is 5.46. The number of methoxy groups -OCH3 is 1. The van der Waals surface area contributed by atoms with Crippen molar-refractivity contribution < 1.29 is 9.53 Å². The molecule has 0 bridgehead atoms. The smallest absolute Gasteiger partial charge is 0.319 e. The molecule has 0 unspecified atom stereocenters. The summed E-state index contributed by atoms with van der Waals surface area (Å²) in [5.41, 5.74) is 2.22. The molecule has 9 nitrogen and oxygen atoms in total. The largest absolute Gasteiger partial charge is 0.468 e. The predicted octanol–water partition coefficient (Wildman–Crippen LogP) is 2.98. The van der Waals surface area contributed by atoms with Crippen LogP contribution >= 0.6 is 15.9 Å². The minimum Gasteiger partial charge on any atom is -0.468 e. The van der Waals surface area contributed by atoms with Crippen molar-refractivity contribution in [1.29, 1.82) is 0 Å². The number of rotatable bonds is 6. The van der Waals surface area contributed by atoms with E-state index in [-0.39, 0.29) is 12.0 Å². The van der Waals surface area contributed by atoms with Gasteiger partial charge in [-0.15, -0.1) is 0 Å². The molecule has 1 aromatic carbocycles. The summed E-state index contributed by atoms with van der Waals surface area (Å²) >= 11 is 3.48. The van der Waals surface area contributed by atoms with Crippen LogP contribution in [0.4, 0.5) is 17.5 Å². The first kappa shape index (κ1) is 20.4. The number of hydrogen-bond donors (Lipinski definition) is 2. The molecule has 0 saturated carbocycles. The second-order valence-electron chi connectivity index (χ2n) is 7.06. The van der Waals surface area contributed by atoms with Crippen LogP contribution in [-0.2, 0) is 9.53 Å². The predicted molar refractivity (Wildman–Crippen MR) is 118 cm³/mol. The number of nitrogens with zero attached hydrogens (tertiary/aromatic N) is 5. The van der Waals surface area contributed by atoms with Crippen molar-refractivity contribution in [3.8, 4) is 0 Å². The molecule has 0 radical (unpaired) electrons. The van der Waals surface area contributed by atoms with Crippen LogP contribution in [-0.4, -0.2) is 63.6 Å². The molecular weight excluding hydrogens is 450 g/mol. The molecule has 1 saturated heterocycles. The second-order valence-corrected chi connectivity index (χ2v) is 7.97. The van der Waals surface area contributed by atoms with Gasteiger partial charge in [-0.2, -0.15) is 0 Å². The van der Waals surface area contributed by atoms with E-state index in [9.17, 15) is 4.79 Å². The van der Waals surface area contributed by atoms with E-state index in [0.717, 1.165) is 36.1 Å². The Labute approximate surface area is 182 Å². The summed E-state index contributed by atoms with van der Waals surface area (Å²) in [7, 11) is 1.41. The summed E-state index contributed by atoms with van der Waals surface area (Å²) in [4.78, 5) is 31.2. The molecule has 1 fully saturated rings. The Hall–Kier alpha value is -2.85. The van der Waals surface area contributed by atoms with Crippen LogP contribution < -0.4 is 10.6 Å². The Balaban J connectivity index is 1.46. The Morgan fingerprint density at radius 3 is 2.87 bits per heavy atom. The fraction of sp³-hybridized carbons (Fsp3) is 0.350. The highest BCUT2D eigenvalue weighted by atomic mass is 79.9. The first-order chi connectivity index (χ1) is 14.6. The molecule has 2 aromatic heterocycles. The number of likely N-dealkylation sites (tertiary alicyclic amines) is 1. The normalized spacial score (nSPS) is 15.1. The zero-order valence-corrected chi connectivity index (χ0v) is 18.1. The summed E-state index contributed by atoms with van der Waals surface area (Å²) < 4.78 is 5.71. The van der Waals surface area contributed by atoms with Gasteiger partial charge >= 0.3 is 5.97 Å². The topological polar surface area (TPSA) is 105 Å². The van der Waals surface area contributed by atoms with Crippen molar-refractivity contribution in [3.63, 3.8) is 0 Å². The number of ether oxygens (including phenoxy) is 1. The Bertz CT molecular complexity index is 1040. The second kappa shape index (κ2) is 9.31. The van der Waals surface area contributed by atoms with Gasteiger partial charge in [0.05, 0.1) is 19.9 Å². The van der Waals surface area contributed by atoms with Crippen molar-refractivity contribution in [3.05, 3.63) is 41.3 Å². The number of hydrogen-bond acceptors (Lipinski definition) is 9. The van der Waals surface area contributed by atoms with Crippen molar-refractivity contribution in [2.75, 3.05) is 37.4 Å². The van der Waals surface area contributed by atoms with E-state index in [1.807, 2.05) is 24.3 Å². The molecule has 0 spiro atoms. The fourth-order valence-electron chi connectivity index (χ4n) is 3.38. The van der Waals surface area contributed by atoms with Crippen LogP contribution in [0.15, 0.2) is 41.3 Å². The highest BCUT2D eigenvalue weighted by Gasteiger charge is 2.22. The highest BCUT2D eigenvalue weighted by Crippen LogP contribution is 2.24. The molecule has 1 aliphatic rings. The Morgan fingerprint density at radius 1 is 1.27 bits per heavy atom. The lowest BCUT2D eigenvalue weighted by Gasteiger charge is -2.31. The number of halogens is 1. The maximum Gasteiger partial charge on any atom is 0.319 e. The van der Waals surface area contributed by atoms with E-state index in [2.05, 4.69) is 51.4 Å². The van der Waals surface area contributed by atoms with Crippen LogP contribution in [0.5, 0.6) is 0 Å². The zero-order chi connectivity index (χ0) is 20.9. The Morgan fingerprint density at radius 2 is 2.10 bits per heavy atom. The van der Waals surface area contributed by atoms with Gasteiger partial charge in [-0.3, -0.25) is 9.69 Å². The average molecular weight is 472 g/mol. The van der Waals surface area contributed by atoms with E-state index in [0.29, 0.717) is 29.3 Å². The quantitative estimate of drug-likeness (QED) is 0.524. The maximum atomic E-state index is 11.4. The van der Waals surface area contributed by atoms with Gasteiger partial charge in [-0.05, 0) is 31.0 Å². The average Bonchev–Trinajstić information content (AvgIpc) is 2.75. The number of anilines is 3. The van der Waals surface area contributed by atoms with E-state index in [1.54, 1.807) is 6.20 Å². The number of benzene rings is 1. The molecule has 1 aliphatic heterocycles. The monoisotopic (exact) mass is 471 g/mol. The summed E-state index contributed by atoms with van der Waals surface area (Å²) in [6, 6.07) is 8.08. The summed E-state index contributed by atoms with van der Waals surface area (Å²) in [5.74, 6) is 0.960. The fourth-order valence-corrected chi connectivity index (χ4v) is 3.78. The number of fused-ring (bicyclic) bond motifs is 1. The number of carbonyl (C=O) groups is 1. The van der Waals surface area contributed by atoms with Crippen LogP contribution in [0.1, 0.15) is 12.8 Å². The van der Waals surface area contributed by atoms with E-state index < -0.39 is 0 Å². The molecule has 0 amide bonds. The summed E-state index contributed by atoms with van der Waals surface area (Å²) in [5, 5.41) is 6.70. The lowest BCUT2D eigenvalue weighted by molar-refractivity contribution is -0.142. The molecule has 2 N–H and O–H groups in total. The van der Waals surface area contributed by atoms with Crippen LogP contribution in [0.2, 0.25) is 0 Å². The van der Waals surface area contributed by atoms with Gasteiger partial charge < -0.3 is 15.4 Å². The molecule has 4 rings (SSSR count). The molecule has 0 atom stereocenters. The van der Waals surface area contributed by atoms with Gasteiger partial charge in [0, 0.05) is 29.3 Å². The number of piperidine rings is 1. The molecular formula is C20H22BrN7O2. The van der Waals surface area contributed by atoms with Crippen molar-refractivity contribution in [2.24, 2.45) is 0 Å². The van der Waals surface area contributed by atoms with E-state index in [1.165, 1.54) is 13.4 Å². The van der Waals surface area contributed by atoms with Gasteiger partial charge in [0.1, 0.15) is 17.4 Å². The van der Waals surface area contributed by atoms with Gasteiger partial charge in [0.25, 0.3) is 0 Å². The molecule has 0 aliphatic carbocycles. The zero-order valence-electron chi connectivity index (χ0n) is 16.5. The van der Waals surface area contributed by atoms with Crippen molar-refractivity contribution >= 4 is 50.4 Å². The summed E-state index contributed by atoms with van der Waals surface area (Å²) in [6.07, 6.45) is 4.99. The highest BCUT2D eigenvalue weighted by molar-refractivity contribution is 9.10. The third-order valence-electron chi connectivity index (χ3n) is 4.97. The van der Waals surface area contributed by atoms with Crippen molar-refractivity contribution in [2.45, 2.75) is 18.9 Å². The van der Waals surface area contributed by atoms with Gasteiger partial charge in [-0.25, -0.2) is 19.9 Å². The van der Waals surface area contributed by atoms with Crippen LogP contribution in [0.3, 0.4) is 0 Å². The standard InChI is InChI=1S/C20H22BrN7O2/c1-30-17(29)11-28-7-5-14(6-8-28)26-20-22-10-16-18(27-20)19(24-12-23-16)25-15-4-2-3-13(21)9-15/h2-4,9-10,12,14H,5-8,11H2,1H3,(H,22,26,27)(H,23,24,25). The van der Waals surface area contributed by atoms with Gasteiger partial charge in [-0.1, -0.05) is 22.0 Å². The molecule has 10 heteroatoms. The SMILES string of the molecule is COC(=O)CN1CCC(Nc2ncc3ncnc(Nc4cccc(Br)c4)c3n2)CC1. The molecule has 3 heterocycles. The number of nitrogens with one attached hydrogen (secondary N) is 2. The lowest BCUT2D eigenvalue weighted by Crippen LogP contribution is -2.41. The van der Waals surface area contributed by atoms with Crippen LogP contribution in [0, 0.1) is 0 Å². The number of esters is 1. The lowest BCUT2D eigenvalue weighted by atomic mass is 10.1. The number of carbonyl (C=O) groups excluding carboxylic acids is 1. The molecule has 30 heavy (non-hydrogen) atoms. The number of aromatic nitrogens is 4. The third kappa shape index (κ3) is 5.00. The van der Waals surface area contributed by atoms with Crippen molar-refractivity contribution in [1.82, 2.24) is 24.8 Å². The Kier molecular flexibility index (Phi) is 6.34. The first-order valence-electron chi connectivity index (χ1n) is 9.67. The minimum atomic E-state index is -0.204. The molecule has 3 aromatic rings. The van der Waals surface area contributed by atoms with Crippen LogP contribution in [0.25, 0.3) is 11.0 Å².